The number of nitrogens with two attached hydrogens (primary N) is 1. The number of aryl methyl sites for hydroxylation is 1. The van der Waals surface area contributed by atoms with Crippen LogP contribution in [0.25, 0.3) is 0 Å². The Balaban J connectivity index is 1.97. The lowest BCUT2D eigenvalue weighted by molar-refractivity contribution is 0.210. The molecule has 1 aromatic rings. The quantitative estimate of drug-likeness (QED) is 0.354. The van der Waals surface area contributed by atoms with Crippen molar-refractivity contribution in [3.05, 3.63) is 12.4 Å². The molecule has 1 atom stereocenters. The predicted octanol–water partition coefficient (Wildman–Crippen LogP) is 0.457. The van der Waals surface area contributed by atoms with Gasteiger partial charge in [0.05, 0.1) is 6.04 Å². The van der Waals surface area contributed by atoms with Crippen molar-refractivity contribution < 1.29 is 5.21 Å². The number of hydrogen-bond acceptors (Lipinski definition) is 5. The van der Waals surface area contributed by atoms with Gasteiger partial charge >= 0.3 is 0 Å². The van der Waals surface area contributed by atoms with Crippen molar-refractivity contribution in [3.63, 3.8) is 0 Å². The Kier molecular flexibility index (Phi) is 4.84. The molecule has 2 heterocycles. The molecule has 2 rings (SSSR count). The van der Waals surface area contributed by atoms with Gasteiger partial charge in [-0.3, -0.25) is 4.90 Å². The minimum Gasteiger partial charge on any atom is -0.409 e. The van der Waals surface area contributed by atoms with Crippen LogP contribution in [0.15, 0.2) is 17.5 Å². The van der Waals surface area contributed by atoms with Crippen LogP contribution in [0.1, 0.15) is 19.8 Å². The molecule has 1 aliphatic rings. The summed E-state index contributed by atoms with van der Waals surface area (Å²) in [6.45, 7) is 5.72. The zero-order chi connectivity index (χ0) is 14.5. The lowest BCUT2D eigenvalue weighted by Gasteiger charge is -2.39. The molecule has 0 radical (unpaired) electrons. The largest absolute Gasteiger partial charge is 0.409 e. The van der Waals surface area contributed by atoms with Crippen LogP contribution < -0.4 is 10.6 Å². The molecule has 0 spiro atoms. The summed E-state index contributed by atoms with van der Waals surface area (Å²) in [5.74, 6) is 1.32. The van der Waals surface area contributed by atoms with Crippen LogP contribution in [-0.4, -0.2) is 57.7 Å². The number of oxime groups is 1. The van der Waals surface area contributed by atoms with Gasteiger partial charge in [-0.25, -0.2) is 4.98 Å². The number of hydrogen-bond donors (Lipinski definition) is 2. The SMILES string of the molecule is CCCC(C(N)=NO)N1CCN(c2nccn2C)CC1. The Morgan fingerprint density at radius 2 is 2.15 bits per heavy atom. The van der Waals surface area contributed by atoms with Crippen LogP contribution in [-0.2, 0) is 7.05 Å². The molecule has 0 bridgehead atoms. The van der Waals surface area contributed by atoms with E-state index in [-0.39, 0.29) is 6.04 Å². The van der Waals surface area contributed by atoms with Crippen LogP contribution >= 0.6 is 0 Å². The molecular formula is C13H24N6O. The Morgan fingerprint density at radius 1 is 1.45 bits per heavy atom. The maximum Gasteiger partial charge on any atom is 0.205 e. The second kappa shape index (κ2) is 6.60. The average molecular weight is 280 g/mol. The Bertz CT molecular complexity index is 449. The summed E-state index contributed by atoms with van der Waals surface area (Å²) in [7, 11) is 2.00. The van der Waals surface area contributed by atoms with Crippen molar-refractivity contribution in [1.29, 1.82) is 0 Å². The first-order valence-corrected chi connectivity index (χ1v) is 7.11. The highest BCUT2D eigenvalue weighted by Gasteiger charge is 2.27. The first kappa shape index (κ1) is 14.6. The standard InChI is InChI=1S/C13H24N6O/c1-3-4-11(12(14)16-20)18-7-9-19(10-8-18)13-15-5-6-17(13)2/h5-6,11,20H,3-4,7-10H2,1-2H3,(H2,14,16). The first-order valence-electron chi connectivity index (χ1n) is 7.11. The normalized spacial score (nSPS) is 19.3. The van der Waals surface area contributed by atoms with E-state index in [1.54, 1.807) is 0 Å². The molecule has 0 amide bonds. The zero-order valence-corrected chi connectivity index (χ0v) is 12.2. The van der Waals surface area contributed by atoms with Gasteiger partial charge in [0, 0.05) is 45.6 Å². The van der Waals surface area contributed by atoms with Gasteiger partial charge in [-0.2, -0.15) is 0 Å². The number of amidine groups is 1. The van der Waals surface area contributed by atoms with E-state index in [1.165, 1.54) is 0 Å². The summed E-state index contributed by atoms with van der Waals surface area (Å²) in [4.78, 5) is 8.94. The molecule has 3 N–H and O–H groups in total. The lowest BCUT2D eigenvalue weighted by atomic mass is 10.1. The van der Waals surface area contributed by atoms with Crippen LogP contribution in [0.3, 0.4) is 0 Å². The second-order valence-electron chi connectivity index (χ2n) is 5.19. The molecule has 1 aliphatic heterocycles. The van der Waals surface area contributed by atoms with Gasteiger partial charge in [0.1, 0.15) is 0 Å². The third-order valence-electron chi connectivity index (χ3n) is 3.85. The van der Waals surface area contributed by atoms with Gasteiger partial charge in [0.15, 0.2) is 5.84 Å². The monoisotopic (exact) mass is 280 g/mol. The van der Waals surface area contributed by atoms with Crippen LogP contribution in [0.4, 0.5) is 5.95 Å². The van der Waals surface area contributed by atoms with E-state index in [4.69, 9.17) is 10.9 Å². The third-order valence-corrected chi connectivity index (χ3v) is 3.85. The summed E-state index contributed by atoms with van der Waals surface area (Å²) in [6, 6.07) is 0.0357. The summed E-state index contributed by atoms with van der Waals surface area (Å²) in [5, 5.41) is 12.1. The van der Waals surface area contributed by atoms with E-state index < -0.39 is 0 Å². The van der Waals surface area contributed by atoms with Crippen molar-refractivity contribution in [2.24, 2.45) is 17.9 Å². The van der Waals surface area contributed by atoms with Crippen LogP contribution in [0, 0.1) is 0 Å². The van der Waals surface area contributed by atoms with Crippen molar-refractivity contribution >= 4 is 11.8 Å². The molecule has 112 valence electrons. The van der Waals surface area contributed by atoms with Crippen molar-refractivity contribution in [3.8, 4) is 0 Å². The topological polar surface area (TPSA) is 82.9 Å². The van der Waals surface area contributed by atoms with Gasteiger partial charge < -0.3 is 20.4 Å². The second-order valence-corrected chi connectivity index (χ2v) is 5.19. The van der Waals surface area contributed by atoms with Crippen molar-refractivity contribution in [2.45, 2.75) is 25.8 Å². The van der Waals surface area contributed by atoms with E-state index in [0.29, 0.717) is 5.84 Å². The molecule has 0 aliphatic carbocycles. The highest BCUT2D eigenvalue weighted by atomic mass is 16.4. The predicted molar refractivity (Wildman–Crippen MR) is 79.1 cm³/mol. The number of piperazine rings is 1. The molecule has 1 aromatic heterocycles. The highest BCUT2D eigenvalue weighted by Crippen LogP contribution is 2.16. The molecule has 1 unspecified atom stereocenters. The molecule has 0 aromatic carbocycles. The van der Waals surface area contributed by atoms with Crippen LogP contribution in [0.5, 0.6) is 0 Å². The highest BCUT2D eigenvalue weighted by molar-refractivity contribution is 5.85. The maximum absolute atomic E-state index is 8.91. The Hall–Kier alpha value is -1.76. The van der Waals surface area contributed by atoms with Gasteiger partial charge in [-0.05, 0) is 6.42 Å². The fourth-order valence-electron chi connectivity index (χ4n) is 2.75. The molecule has 1 saturated heterocycles. The number of nitrogens with zero attached hydrogens (tertiary/aromatic N) is 5. The molecule has 0 saturated carbocycles. The number of aromatic nitrogens is 2. The van der Waals surface area contributed by atoms with Gasteiger partial charge in [0.25, 0.3) is 0 Å². The van der Waals surface area contributed by atoms with E-state index in [2.05, 4.69) is 26.9 Å². The van der Waals surface area contributed by atoms with Crippen molar-refractivity contribution in [1.82, 2.24) is 14.5 Å². The van der Waals surface area contributed by atoms with Gasteiger partial charge in [-0.1, -0.05) is 18.5 Å². The smallest absolute Gasteiger partial charge is 0.205 e. The van der Waals surface area contributed by atoms with E-state index >= 15 is 0 Å². The zero-order valence-electron chi connectivity index (χ0n) is 12.2. The van der Waals surface area contributed by atoms with E-state index in [9.17, 15) is 0 Å². The average Bonchev–Trinajstić information content (AvgIpc) is 2.90. The van der Waals surface area contributed by atoms with E-state index in [0.717, 1.165) is 45.0 Å². The van der Waals surface area contributed by atoms with Crippen LogP contribution in [0.2, 0.25) is 0 Å². The summed E-state index contributed by atoms with van der Waals surface area (Å²) in [5.41, 5.74) is 5.82. The minimum atomic E-state index is 0.0357. The number of anilines is 1. The van der Waals surface area contributed by atoms with Gasteiger partial charge in [0.2, 0.25) is 5.95 Å². The van der Waals surface area contributed by atoms with E-state index in [1.807, 2.05) is 24.0 Å². The molecular weight excluding hydrogens is 256 g/mol. The fourth-order valence-corrected chi connectivity index (χ4v) is 2.75. The fraction of sp³-hybridized carbons (Fsp3) is 0.692. The van der Waals surface area contributed by atoms with Crippen molar-refractivity contribution in [2.75, 3.05) is 31.1 Å². The molecule has 20 heavy (non-hydrogen) atoms. The van der Waals surface area contributed by atoms with Gasteiger partial charge in [-0.15, -0.1) is 0 Å². The summed E-state index contributed by atoms with van der Waals surface area (Å²) >= 11 is 0. The third kappa shape index (κ3) is 3.04. The molecule has 1 fully saturated rings. The summed E-state index contributed by atoms with van der Waals surface area (Å²) < 4.78 is 2.03. The Labute approximate surface area is 119 Å². The molecule has 7 heteroatoms. The number of rotatable bonds is 5. The maximum atomic E-state index is 8.91. The number of imidazole rings is 1. The first-order chi connectivity index (χ1) is 9.67. The Morgan fingerprint density at radius 3 is 2.65 bits per heavy atom. The lowest BCUT2D eigenvalue weighted by Crippen LogP contribution is -2.54. The minimum absolute atomic E-state index is 0.0357. The summed E-state index contributed by atoms with van der Waals surface area (Å²) in [6.07, 6.45) is 5.70. The molecule has 7 nitrogen and oxygen atoms in total.